The number of thioether (sulfide) groups is 1. The summed E-state index contributed by atoms with van der Waals surface area (Å²) >= 11 is 13.5. The minimum Gasteiger partial charge on any atom is -0.309 e. The number of nitrogens with zero attached hydrogens (tertiary/aromatic N) is 4. The van der Waals surface area contributed by atoms with Gasteiger partial charge in [-0.3, -0.25) is 9.36 Å². The van der Waals surface area contributed by atoms with Crippen molar-refractivity contribution in [3.63, 3.8) is 0 Å². The van der Waals surface area contributed by atoms with Gasteiger partial charge in [0.15, 0.2) is 11.0 Å². The van der Waals surface area contributed by atoms with Crippen LogP contribution in [0.2, 0.25) is 10.0 Å². The van der Waals surface area contributed by atoms with Crippen LogP contribution in [-0.2, 0) is 4.79 Å². The second kappa shape index (κ2) is 8.11. The molecule has 9 heteroatoms. The van der Waals surface area contributed by atoms with E-state index in [2.05, 4.69) is 20.5 Å². The number of anilines is 1. The molecule has 0 bridgehead atoms. The molecule has 0 spiro atoms. The molecule has 1 aliphatic rings. The van der Waals surface area contributed by atoms with Gasteiger partial charge in [0.1, 0.15) is 5.82 Å². The van der Waals surface area contributed by atoms with Gasteiger partial charge in [-0.1, -0.05) is 53.2 Å². The Morgan fingerprint density at radius 1 is 1.25 bits per heavy atom. The van der Waals surface area contributed by atoms with E-state index >= 15 is 0 Å². The van der Waals surface area contributed by atoms with Gasteiger partial charge in [0, 0.05) is 17.8 Å². The number of amides is 1. The molecule has 1 aromatic carbocycles. The van der Waals surface area contributed by atoms with Crippen LogP contribution in [0.15, 0.2) is 41.7 Å². The maximum Gasteiger partial charge on any atom is 0.236 e. The van der Waals surface area contributed by atoms with Gasteiger partial charge in [0.05, 0.1) is 15.8 Å². The lowest BCUT2D eigenvalue weighted by atomic mass is 10.3. The molecule has 1 saturated carbocycles. The number of carbonyl (C=O) groups excluding carboxylic acids is 1. The molecular formula is C19H17Cl2N5OS. The number of halogens is 2. The van der Waals surface area contributed by atoms with Crippen molar-refractivity contribution in [2.75, 3.05) is 11.1 Å². The second-order valence-corrected chi connectivity index (χ2v) is 8.24. The highest BCUT2D eigenvalue weighted by atomic mass is 35.5. The average Bonchev–Trinajstić information content (AvgIpc) is 3.47. The van der Waals surface area contributed by atoms with Crippen molar-refractivity contribution >= 4 is 46.7 Å². The highest BCUT2D eigenvalue weighted by Gasteiger charge is 2.31. The van der Waals surface area contributed by atoms with E-state index in [1.807, 2.05) is 34.9 Å². The minimum atomic E-state index is -0.225. The Labute approximate surface area is 176 Å². The SMILES string of the molecule is Cc1c(Cl)cnc(NC(=O)CSc2nnc(C3CC3)n2-c2ccccc2)c1Cl. The van der Waals surface area contributed by atoms with E-state index in [0.717, 1.165) is 24.4 Å². The van der Waals surface area contributed by atoms with Crippen molar-refractivity contribution in [3.05, 3.63) is 58.0 Å². The molecule has 2 heterocycles. The highest BCUT2D eigenvalue weighted by molar-refractivity contribution is 7.99. The van der Waals surface area contributed by atoms with Crippen LogP contribution in [-0.4, -0.2) is 31.4 Å². The zero-order chi connectivity index (χ0) is 19.7. The van der Waals surface area contributed by atoms with Gasteiger partial charge in [-0.05, 0) is 37.5 Å². The first-order valence-corrected chi connectivity index (χ1v) is 10.5. The van der Waals surface area contributed by atoms with Crippen LogP contribution >= 0.6 is 35.0 Å². The Morgan fingerprint density at radius 3 is 2.71 bits per heavy atom. The van der Waals surface area contributed by atoms with Crippen molar-refractivity contribution in [2.24, 2.45) is 0 Å². The number of para-hydroxylation sites is 1. The molecule has 2 aromatic heterocycles. The zero-order valence-electron chi connectivity index (χ0n) is 15.0. The van der Waals surface area contributed by atoms with Gasteiger partial charge in [-0.25, -0.2) is 4.98 Å². The van der Waals surface area contributed by atoms with Gasteiger partial charge in [0.2, 0.25) is 5.91 Å². The predicted molar refractivity (Wildman–Crippen MR) is 112 cm³/mol. The van der Waals surface area contributed by atoms with Crippen molar-refractivity contribution in [1.29, 1.82) is 0 Å². The Balaban J connectivity index is 1.50. The van der Waals surface area contributed by atoms with Gasteiger partial charge >= 0.3 is 0 Å². The lowest BCUT2D eigenvalue weighted by Crippen LogP contribution is -2.16. The lowest BCUT2D eigenvalue weighted by Gasteiger charge is -2.10. The highest BCUT2D eigenvalue weighted by Crippen LogP contribution is 2.41. The van der Waals surface area contributed by atoms with Crippen LogP contribution in [0.4, 0.5) is 5.82 Å². The van der Waals surface area contributed by atoms with Crippen LogP contribution in [0.1, 0.15) is 30.1 Å². The summed E-state index contributed by atoms with van der Waals surface area (Å²) in [5.74, 6) is 1.63. The first-order valence-electron chi connectivity index (χ1n) is 8.78. The summed E-state index contributed by atoms with van der Waals surface area (Å²) in [6, 6.07) is 9.95. The Bertz CT molecular complexity index is 1020. The molecule has 6 nitrogen and oxygen atoms in total. The molecule has 28 heavy (non-hydrogen) atoms. The quantitative estimate of drug-likeness (QED) is 0.560. The number of hydrogen-bond acceptors (Lipinski definition) is 5. The molecular weight excluding hydrogens is 417 g/mol. The van der Waals surface area contributed by atoms with E-state index in [9.17, 15) is 4.79 Å². The van der Waals surface area contributed by atoms with Crippen LogP contribution in [0, 0.1) is 6.92 Å². The molecule has 3 aromatic rings. The van der Waals surface area contributed by atoms with Gasteiger partial charge < -0.3 is 5.32 Å². The normalized spacial score (nSPS) is 13.5. The fourth-order valence-electron chi connectivity index (χ4n) is 2.74. The van der Waals surface area contributed by atoms with Gasteiger partial charge in [-0.2, -0.15) is 0 Å². The van der Waals surface area contributed by atoms with E-state index in [0.29, 0.717) is 32.5 Å². The summed E-state index contributed by atoms with van der Waals surface area (Å²) in [4.78, 5) is 16.5. The number of carbonyl (C=O) groups is 1. The van der Waals surface area contributed by atoms with Gasteiger partial charge in [-0.15, -0.1) is 10.2 Å². The molecule has 0 radical (unpaired) electrons. The molecule has 0 atom stereocenters. The number of benzene rings is 1. The van der Waals surface area contributed by atoms with E-state index in [4.69, 9.17) is 23.2 Å². The lowest BCUT2D eigenvalue weighted by molar-refractivity contribution is -0.113. The minimum absolute atomic E-state index is 0.162. The van der Waals surface area contributed by atoms with E-state index < -0.39 is 0 Å². The summed E-state index contributed by atoms with van der Waals surface area (Å²) in [7, 11) is 0. The smallest absolute Gasteiger partial charge is 0.236 e. The number of pyridine rings is 1. The van der Waals surface area contributed by atoms with Crippen molar-refractivity contribution in [1.82, 2.24) is 19.7 Å². The van der Waals surface area contributed by atoms with E-state index in [1.54, 1.807) is 6.92 Å². The predicted octanol–water partition coefficient (Wildman–Crippen LogP) is 4.89. The van der Waals surface area contributed by atoms with E-state index in [1.165, 1.54) is 18.0 Å². The largest absolute Gasteiger partial charge is 0.309 e. The second-order valence-electron chi connectivity index (χ2n) is 6.52. The molecule has 1 aliphatic carbocycles. The van der Waals surface area contributed by atoms with Crippen LogP contribution in [0.3, 0.4) is 0 Å². The van der Waals surface area contributed by atoms with Crippen LogP contribution in [0.25, 0.3) is 5.69 Å². The number of nitrogens with one attached hydrogen (secondary N) is 1. The third kappa shape index (κ3) is 4.01. The average molecular weight is 434 g/mol. The molecule has 0 aliphatic heterocycles. The van der Waals surface area contributed by atoms with Crippen LogP contribution < -0.4 is 5.32 Å². The molecule has 144 valence electrons. The van der Waals surface area contributed by atoms with Crippen molar-refractivity contribution in [2.45, 2.75) is 30.8 Å². The topological polar surface area (TPSA) is 72.7 Å². The Hall–Kier alpha value is -2.09. The fourth-order valence-corrected chi connectivity index (χ4v) is 3.89. The van der Waals surface area contributed by atoms with Crippen molar-refractivity contribution < 1.29 is 4.79 Å². The molecule has 4 rings (SSSR count). The van der Waals surface area contributed by atoms with Crippen LogP contribution in [0.5, 0.6) is 0 Å². The van der Waals surface area contributed by atoms with Crippen molar-refractivity contribution in [3.8, 4) is 5.69 Å². The van der Waals surface area contributed by atoms with E-state index in [-0.39, 0.29) is 11.7 Å². The molecule has 0 unspecified atom stereocenters. The Kier molecular flexibility index (Phi) is 5.57. The third-order valence-electron chi connectivity index (χ3n) is 4.41. The summed E-state index contributed by atoms with van der Waals surface area (Å²) in [6.07, 6.45) is 3.71. The summed E-state index contributed by atoms with van der Waals surface area (Å²) in [5, 5.41) is 12.9. The molecule has 1 amide bonds. The molecule has 1 N–H and O–H groups in total. The summed E-state index contributed by atoms with van der Waals surface area (Å²) in [5.41, 5.74) is 1.68. The number of rotatable bonds is 6. The molecule has 1 fully saturated rings. The fraction of sp³-hybridized carbons (Fsp3) is 0.263. The number of hydrogen-bond donors (Lipinski definition) is 1. The maximum absolute atomic E-state index is 12.4. The summed E-state index contributed by atoms with van der Waals surface area (Å²) in [6.45, 7) is 1.78. The maximum atomic E-state index is 12.4. The van der Waals surface area contributed by atoms with Gasteiger partial charge in [0.25, 0.3) is 0 Å². The monoisotopic (exact) mass is 433 g/mol. The first-order chi connectivity index (χ1) is 13.5. The zero-order valence-corrected chi connectivity index (χ0v) is 17.4. The standard InChI is InChI=1S/C19H17Cl2N5OS/c1-11-14(20)9-22-17(16(11)21)23-15(27)10-28-19-25-24-18(12-7-8-12)26(19)13-5-3-2-4-6-13/h2-6,9,12H,7-8,10H2,1H3,(H,22,23,27). The molecule has 0 saturated heterocycles. The summed E-state index contributed by atoms with van der Waals surface area (Å²) < 4.78 is 2.04. The first kappa shape index (κ1) is 19.2. The Morgan fingerprint density at radius 2 is 2.00 bits per heavy atom. The third-order valence-corrected chi connectivity index (χ3v) is 6.18. The number of aromatic nitrogens is 4.